The minimum absolute atomic E-state index is 0.0210. The van der Waals surface area contributed by atoms with Gasteiger partial charge in [-0.05, 0) is 57.8 Å². The number of carbonyl (C=O) groups is 2. The molecule has 0 rings (SSSR count). The first kappa shape index (κ1) is 79.3. The minimum Gasteiger partial charge on any atom is -0.466 e. The van der Waals surface area contributed by atoms with Crippen LogP contribution < -0.4 is 5.32 Å². The number of amides is 1. The SMILES string of the molecule is CCCCCCCCCCCCCCCCCC/C=C/C(O)C(CO)NC(=O)CCCCCCCCCCCCCCC/C=C\CCCCCCCCCCCCCCOC(=O)CCCCCCCCCCCCCCCCCCC. The molecular formula is C75H145NO5. The molecule has 81 heavy (non-hydrogen) atoms. The number of hydrogen-bond acceptors (Lipinski definition) is 5. The summed E-state index contributed by atoms with van der Waals surface area (Å²) in [6.07, 6.45) is 89.9. The molecular weight excluding hydrogens is 995 g/mol. The molecule has 2 atom stereocenters. The largest absolute Gasteiger partial charge is 0.466 e. The molecule has 6 heteroatoms. The fourth-order valence-electron chi connectivity index (χ4n) is 11.8. The van der Waals surface area contributed by atoms with E-state index in [0.29, 0.717) is 19.4 Å². The molecule has 0 aliphatic carbocycles. The molecule has 0 saturated carbocycles. The summed E-state index contributed by atoms with van der Waals surface area (Å²) in [6, 6.07) is -0.627. The summed E-state index contributed by atoms with van der Waals surface area (Å²) >= 11 is 0. The van der Waals surface area contributed by atoms with Crippen LogP contribution >= 0.6 is 0 Å². The number of esters is 1. The lowest BCUT2D eigenvalue weighted by Gasteiger charge is -2.20. The van der Waals surface area contributed by atoms with Crippen LogP contribution in [-0.4, -0.2) is 47.4 Å². The molecule has 0 aromatic carbocycles. The maximum Gasteiger partial charge on any atom is 0.305 e. The van der Waals surface area contributed by atoms with E-state index in [2.05, 4.69) is 31.3 Å². The molecule has 480 valence electrons. The van der Waals surface area contributed by atoms with Crippen molar-refractivity contribution < 1.29 is 24.5 Å². The van der Waals surface area contributed by atoms with Gasteiger partial charge in [0.15, 0.2) is 0 Å². The first-order chi connectivity index (χ1) is 40.0. The number of nitrogens with one attached hydrogen (secondary N) is 1. The fourth-order valence-corrected chi connectivity index (χ4v) is 11.8. The molecule has 0 saturated heterocycles. The average Bonchev–Trinajstić information content (AvgIpc) is 3.47. The summed E-state index contributed by atoms with van der Waals surface area (Å²) in [5.74, 6) is -0.0425. The van der Waals surface area contributed by atoms with E-state index in [9.17, 15) is 19.8 Å². The van der Waals surface area contributed by atoms with E-state index in [1.54, 1.807) is 6.08 Å². The molecule has 6 nitrogen and oxygen atoms in total. The van der Waals surface area contributed by atoms with Gasteiger partial charge in [0, 0.05) is 12.8 Å². The number of carbonyl (C=O) groups excluding carboxylic acids is 2. The van der Waals surface area contributed by atoms with Gasteiger partial charge in [0.1, 0.15) is 0 Å². The van der Waals surface area contributed by atoms with Gasteiger partial charge in [-0.3, -0.25) is 9.59 Å². The summed E-state index contributed by atoms with van der Waals surface area (Å²) in [5, 5.41) is 23.2. The van der Waals surface area contributed by atoms with Crippen LogP contribution in [-0.2, 0) is 14.3 Å². The molecule has 0 aliphatic rings. The number of hydrogen-bond donors (Lipinski definition) is 3. The van der Waals surface area contributed by atoms with Gasteiger partial charge in [-0.2, -0.15) is 0 Å². The number of aliphatic hydroxyl groups excluding tert-OH is 2. The van der Waals surface area contributed by atoms with E-state index in [4.69, 9.17) is 4.74 Å². The lowest BCUT2D eigenvalue weighted by atomic mass is 10.0. The first-order valence-electron chi connectivity index (χ1n) is 37.1. The Morgan fingerprint density at radius 3 is 0.877 bits per heavy atom. The zero-order chi connectivity index (χ0) is 58.5. The van der Waals surface area contributed by atoms with Crippen LogP contribution in [0.25, 0.3) is 0 Å². The lowest BCUT2D eigenvalue weighted by molar-refractivity contribution is -0.143. The van der Waals surface area contributed by atoms with E-state index in [0.717, 1.165) is 38.5 Å². The van der Waals surface area contributed by atoms with Crippen molar-refractivity contribution in [2.45, 2.75) is 431 Å². The van der Waals surface area contributed by atoms with Crippen LogP contribution in [0.2, 0.25) is 0 Å². The van der Waals surface area contributed by atoms with E-state index in [-0.39, 0.29) is 18.5 Å². The molecule has 0 bridgehead atoms. The van der Waals surface area contributed by atoms with E-state index >= 15 is 0 Å². The molecule has 0 heterocycles. The maximum absolute atomic E-state index is 12.5. The van der Waals surface area contributed by atoms with E-state index < -0.39 is 12.1 Å². The van der Waals surface area contributed by atoms with Gasteiger partial charge >= 0.3 is 5.97 Å². The smallest absolute Gasteiger partial charge is 0.305 e. The number of rotatable bonds is 70. The van der Waals surface area contributed by atoms with Gasteiger partial charge in [0.25, 0.3) is 0 Å². The molecule has 0 aromatic rings. The molecule has 0 spiro atoms. The van der Waals surface area contributed by atoms with Crippen LogP contribution in [0.15, 0.2) is 24.3 Å². The molecule has 0 aliphatic heterocycles. The Hall–Kier alpha value is -1.66. The Morgan fingerprint density at radius 1 is 0.333 bits per heavy atom. The van der Waals surface area contributed by atoms with Crippen molar-refractivity contribution in [1.29, 1.82) is 0 Å². The number of ether oxygens (including phenoxy) is 1. The summed E-state index contributed by atoms with van der Waals surface area (Å²) < 4.78 is 5.51. The van der Waals surface area contributed by atoms with Gasteiger partial charge in [-0.1, -0.05) is 372 Å². The molecule has 0 radical (unpaired) electrons. The van der Waals surface area contributed by atoms with Crippen LogP contribution in [0.4, 0.5) is 0 Å². The number of unbranched alkanes of at least 4 members (excludes halogenated alkanes) is 57. The van der Waals surface area contributed by atoms with Crippen molar-refractivity contribution in [3.63, 3.8) is 0 Å². The Bertz CT molecular complexity index is 1270. The number of allylic oxidation sites excluding steroid dienone is 3. The highest BCUT2D eigenvalue weighted by molar-refractivity contribution is 5.76. The Morgan fingerprint density at radius 2 is 0.580 bits per heavy atom. The highest BCUT2D eigenvalue weighted by Gasteiger charge is 2.18. The van der Waals surface area contributed by atoms with Gasteiger partial charge in [-0.15, -0.1) is 0 Å². The molecule has 3 N–H and O–H groups in total. The minimum atomic E-state index is -0.844. The highest BCUT2D eigenvalue weighted by Crippen LogP contribution is 2.19. The normalized spacial score (nSPS) is 12.6. The van der Waals surface area contributed by atoms with Crippen molar-refractivity contribution in [2.75, 3.05) is 13.2 Å². The van der Waals surface area contributed by atoms with Crippen molar-refractivity contribution in [2.24, 2.45) is 0 Å². The quantitative estimate of drug-likeness (QED) is 0.0320. The van der Waals surface area contributed by atoms with Crippen molar-refractivity contribution >= 4 is 11.9 Å². The second kappa shape index (κ2) is 70.8. The molecule has 2 unspecified atom stereocenters. The van der Waals surface area contributed by atoms with E-state index in [1.807, 2.05) is 6.08 Å². The summed E-state index contributed by atoms with van der Waals surface area (Å²) in [4.78, 5) is 24.6. The summed E-state index contributed by atoms with van der Waals surface area (Å²) in [6.45, 7) is 4.95. The molecule has 0 aromatic heterocycles. The van der Waals surface area contributed by atoms with Crippen molar-refractivity contribution in [3.05, 3.63) is 24.3 Å². The predicted octanol–water partition coefficient (Wildman–Crippen LogP) is 24.1. The molecule has 1 amide bonds. The zero-order valence-corrected chi connectivity index (χ0v) is 55.0. The number of aliphatic hydroxyl groups is 2. The van der Waals surface area contributed by atoms with Gasteiger partial charge < -0.3 is 20.3 Å². The second-order valence-electron chi connectivity index (χ2n) is 25.6. The molecule has 0 fully saturated rings. The van der Waals surface area contributed by atoms with Crippen LogP contribution in [0.1, 0.15) is 418 Å². The monoisotopic (exact) mass is 1140 g/mol. The topological polar surface area (TPSA) is 95.9 Å². The third-order valence-electron chi connectivity index (χ3n) is 17.5. The zero-order valence-electron chi connectivity index (χ0n) is 55.0. The van der Waals surface area contributed by atoms with Gasteiger partial charge in [0.2, 0.25) is 5.91 Å². The average molecular weight is 1140 g/mol. The maximum atomic E-state index is 12.5. The Labute approximate surface area is 507 Å². The van der Waals surface area contributed by atoms with Crippen LogP contribution in [0.3, 0.4) is 0 Å². The van der Waals surface area contributed by atoms with Gasteiger partial charge in [0.05, 0.1) is 25.4 Å². The van der Waals surface area contributed by atoms with Gasteiger partial charge in [-0.25, -0.2) is 0 Å². The first-order valence-corrected chi connectivity index (χ1v) is 37.1. The predicted molar refractivity (Wildman–Crippen MR) is 356 cm³/mol. The third kappa shape index (κ3) is 67.3. The lowest BCUT2D eigenvalue weighted by Crippen LogP contribution is -2.45. The summed E-state index contributed by atoms with van der Waals surface area (Å²) in [7, 11) is 0. The highest BCUT2D eigenvalue weighted by atomic mass is 16.5. The van der Waals surface area contributed by atoms with E-state index in [1.165, 1.54) is 353 Å². The standard InChI is InChI=1S/C75H145NO5/c1-3-5-7-9-11-13-15-17-19-21-36-39-43-47-51-55-59-63-67-73(78)72(71-77)76-74(79)68-64-60-56-52-48-44-40-37-33-31-29-27-25-23-22-24-26-28-30-32-34-38-42-46-50-54-58-62-66-70-81-75(80)69-65-61-57-53-49-45-41-35-20-18-16-14-12-10-8-6-4-2/h22,24,63,67,72-73,77-78H,3-21,23,25-62,64-66,68-71H2,1-2H3,(H,76,79)/b24-22-,67-63+. The van der Waals surface area contributed by atoms with Crippen molar-refractivity contribution in [3.8, 4) is 0 Å². The van der Waals surface area contributed by atoms with Crippen molar-refractivity contribution in [1.82, 2.24) is 5.32 Å². The second-order valence-corrected chi connectivity index (χ2v) is 25.6. The van der Waals surface area contributed by atoms with Crippen LogP contribution in [0.5, 0.6) is 0 Å². The Balaban J connectivity index is 3.37. The third-order valence-corrected chi connectivity index (χ3v) is 17.5. The fraction of sp³-hybridized carbons (Fsp3) is 0.920. The Kier molecular flexibility index (Phi) is 69.4. The van der Waals surface area contributed by atoms with Crippen LogP contribution in [0, 0.1) is 0 Å². The summed E-state index contributed by atoms with van der Waals surface area (Å²) in [5.41, 5.74) is 0.